The number of aromatic nitrogens is 1. The van der Waals surface area contributed by atoms with E-state index in [9.17, 15) is 0 Å². The molecule has 108 valence electrons. The molecule has 2 rings (SSSR count). The van der Waals surface area contributed by atoms with Crippen molar-refractivity contribution in [3.8, 4) is 6.07 Å². The molecule has 0 saturated carbocycles. The van der Waals surface area contributed by atoms with E-state index in [-0.39, 0.29) is 18.1 Å². The van der Waals surface area contributed by atoms with Gasteiger partial charge in [0.25, 0.3) is 0 Å². The molecule has 3 unspecified atom stereocenters. The van der Waals surface area contributed by atoms with Gasteiger partial charge in [-0.3, -0.25) is 10.4 Å². The Morgan fingerprint density at radius 3 is 3.05 bits per heavy atom. The number of hydrogen-bond acceptors (Lipinski definition) is 6. The molecule has 0 aromatic carbocycles. The highest BCUT2D eigenvalue weighted by molar-refractivity contribution is 6.33. The molecule has 0 aliphatic carbocycles. The van der Waals surface area contributed by atoms with Crippen LogP contribution in [0.5, 0.6) is 0 Å². The first-order valence-corrected chi connectivity index (χ1v) is 6.98. The number of nitrogens with zero attached hydrogens (tertiary/aromatic N) is 3. The summed E-state index contributed by atoms with van der Waals surface area (Å²) in [6.45, 7) is 0.856. The van der Waals surface area contributed by atoms with E-state index in [1.54, 1.807) is 12.4 Å². The van der Waals surface area contributed by atoms with Gasteiger partial charge in [-0.25, -0.2) is 5.43 Å². The Hall–Kier alpha value is -1.39. The molecule has 3 atom stereocenters. The Balaban J connectivity index is 1.82. The molecular weight excluding hydrogens is 276 g/mol. The van der Waals surface area contributed by atoms with Crippen LogP contribution in [-0.4, -0.2) is 30.8 Å². The van der Waals surface area contributed by atoms with E-state index in [0.29, 0.717) is 5.02 Å². The van der Waals surface area contributed by atoms with E-state index in [0.717, 1.165) is 25.1 Å². The van der Waals surface area contributed by atoms with Crippen LogP contribution in [0.3, 0.4) is 0 Å². The zero-order chi connectivity index (χ0) is 14.5. The third-order valence-electron chi connectivity index (χ3n) is 3.58. The average molecular weight is 295 g/mol. The fourth-order valence-electron chi connectivity index (χ4n) is 2.40. The van der Waals surface area contributed by atoms with E-state index in [1.807, 2.05) is 13.1 Å². The lowest BCUT2D eigenvalue weighted by molar-refractivity contribution is 0.464. The molecule has 0 spiro atoms. The molecule has 6 nitrogen and oxygen atoms in total. The lowest BCUT2D eigenvalue weighted by atomic mass is 9.97. The van der Waals surface area contributed by atoms with Crippen molar-refractivity contribution in [1.29, 1.82) is 5.26 Å². The van der Waals surface area contributed by atoms with Gasteiger partial charge in [0.1, 0.15) is 0 Å². The first-order valence-electron chi connectivity index (χ1n) is 6.60. The molecule has 1 aromatic heterocycles. The predicted octanol–water partition coefficient (Wildman–Crippen LogP) is 0.852. The van der Waals surface area contributed by atoms with E-state index >= 15 is 0 Å². The summed E-state index contributed by atoms with van der Waals surface area (Å²) in [6, 6.07) is 4.24. The molecule has 4 N–H and O–H groups in total. The summed E-state index contributed by atoms with van der Waals surface area (Å²) in [6.07, 6.45) is 4.90. The monoisotopic (exact) mass is 294 g/mol. The molecule has 1 saturated heterocycles. The quantitative estimate of drug-likeness (QED) is 0.746. The first-order chi connectivity index (χ1) is 9.63. The second-order valence-corrected chi connectivity index (χ2v) is 5.37. The van der Waals surface area contributed by atoms with Crippen molar-refractivity contribution in [3.63, 3.8) is 0 Å². The molecule has 1 aliphatic rings. The SMILES string of the molecule is CN(CCCC1NNC(N)C1C#N)c1ccncc1Cl. The summed E-state index contributed by atoms with van der Waals surface area (Å²) in [5.74, 6) is -0.190. The van der Waals surface area contributed by atoms with Gasteiger partial charge in [-0.1, -0.05) is 11.6 Å². The van der Waals surface area contributed by atoms with E-state index in [1.165, 1.54) is 0 Å². The van der Waals surface area contributed by atoms with Crippen molar-refractivity contribution in [1.82, 2.24) is 15.8 Å². The van der Waals surface area contributed by atoms with Crippen LogP contribution in [0.15, 0.2) is 18.5 Å². The van der Waals surface area contributed by atoms with Gasteiger partial charge in [-0.05, 0) is 18.9 Å². The summed E-state index contributed by atoms with van der Waals surface area (Å²) < 4.78 is 0. The van der Waals surface area contributed by atoms with Gasteiger partial charge >= 0.3 is 0 Å². The third-order valence-corrected chi connectivity index (χ3v) is 3.87. The fraction of sp³-hybridized carbons (Fsp3) is 0.538. The Labute approximate surface area is 123 Å². The van der Waals surface area contributed by atoms with Crippen LogP contribution in [0.25, 0.3) is 0 Å². The van der Waals surface area contributed by atoms with Gasteiger partial charge in [-0.2, -0.15) is 5.26 Å². The number of pyridine rings is 1. The zero-order valence-corrected chi connectivity index (χ0v) is 12.1. The summed E-state index contributed by atoms with van der Waals surface area (Å²) in [5.41, 5.74) is 12.7. The van der Waals surface area contributed by atoms with Gasteiger partial charge in [-0.15, -0.1) is 0 Å². The van der Waals surface area contributed by atoms with Crippen molar-refractivity contribution < 1.29 is 0 Å². The van der Waals surface area contributed by atoms with Crippen LogP contribution in [-0.2, 0) is 0 Å². The van der Waals surface area contributed by atoms with Crippen LogP contribution in [0.4, 0.5) is 5.69 Å². The molecule has 2 heterocycles. The number of anilines is 1. The van der Waals surface area contributed by atoms with Crippen LogP contribution >= 0.6 is 11.6 Å². The molecule has 20 heavy (non-hydrogen) atoms. The van der Waals surface area contributed by atoms with Crippen molar-refractivity contribution in [2.24, 2.45) is 11.7 Å². The van der Waals surface area contributed by atoms with Crippen molar-refractivity contribution in [3.05, 3.63) is 23.5 Å². The molecule has 0 radical (unpaired) electrons. The lowest BCUT2D eigenvalue weighted by Crippen LogP contribution is -2.38. The van der Waals surface area contributed by atoms with Gasteiger partial charge in [0, 0.05) is 32.0 Å². The van der Waals surface area contributed by atoms with Gasteiger partial charge in [0.2, 0.25) is 0 Å². The summed E-state index contributed by atoms with van der Waals surface area (Å²) >= 11 is 6.10. The van der Waals surface area contributed by atoms with E-state index in [4.69, 9.17) is 22.6 Å². The second kappa shape index (κ2) is 6.86. The predicted molar refractivity (Wildman–Crippen MR) is 78.9 cm³/mol. The first kappa shape index (κ1) is 15.0. The number of hydrogen-bond donors (Lipinski definition) is 3. The van der Waals surface area contributed by atoms with Gasteiger partial charge < -0.3 is 10.6 Å². The maximum atomic E-state index is 9.08. The Morgan fingerprint density at radius 2 is 2.35 bits per heavy atom. The number of nitriles is 1. The number of nitrogens with two attached hydrogens (primary N) is 1. The molecule has 1 aliphatic heterocycles. The molecule has 0 amide bonds. The van der Waals surface area contributed by atoms with E-state index < -0.39 is 0 Å². The molecule has 1 aromatic rings. The maximum absolute atomic E-state index is 9.08. The Kier molecular flexibility index (Phi) is 5.15. The molecule has 1 fully saturated rings. The molecule has 0 bridgehead atoms. The van der Waals surface area contributed by atoms with Gasteiger partial charge in [0.05, 0.1) is 28.9 Å². The fourth-order valence-corrected chi connectivity index (χ4v) is 2.66. The lowest BCUT2D eigenvalue weighted by Gasteiger charge is -2.21. The highest BCUT2D eigenvalue weighted by Crippen LogP contribution is 2.23. The minimum Gasteiger partial charge on any atom is -0.373 e. The number of hydrazine groups is 1. The van der Waals surface area contributed by atoms with Crippen molar-refractivity contribution in [2.45, 2.75) is 25.0 Å². The largest absolute Gasteiger partial charge is 0.373 e. The van der Waals surface area contributed by atoms with Crippen molar-refractivity contribution in [2.75, 3.05) is 18.5 Å². The minimum atomic E-state index is -0.294. The normalized spacial score (nSPS) is 25.4. The minimum absolute atomic E-state index is 0.0938. The van der Waals surface area contributed by atoms with Gasteiger partial charge in [0.15, 0.2) is 0 Å². The Bertz CT molecular complexity index is 488. The van der Waals surface area contributed by atoms with Crippen LogP contribution < -0.4 is 21.5 Å². The Morgan fingerprint density at radius 1 is 1.55 bits per heavy atom. The number of rotatable bonds is 5. The van der Waals surface area contributed by atoms with Crippen LogP contribution in [0.2, 0.25) is 5.02 Å². The standard InChI is InChI=1S/C13H19ClN6/c1-20(12-4-5-17-8-10(12)14)6-2-3-11-9(7-15)13(16)19-18-11/h4-5,8-9,11,13,18-19H,2-3,6,16H2,1H3. The number of nitrogens with one attached hydrogen (secondary N) is 2. The summed E-state index contributed by atoms with van der Waals surface area (Å²) in [7, 11) is 2.00. The smallest absolute Gasteiger partial charge is 0.0924 e. The van der Waals surface area contributed by atoms with Crippen LogP contribution in [0, 0.1) is 17.2 Å². The van der Waals surface area contributed by atoms with Crippen molar-refractivity contribution >= 4 is 17.3 Å². The third kappa shape index (κ3) is 3.38. The topological polar surface area (TPSA) is 90.0 Å². The molecular formula is C13H19ClN6. The van der Waals surface area contributed by atoms with E-state index in [2.05, 4.69) is 26.8 Å². The molecule has 7 heteroatoms. The summed E-state index contributed by atoms with van der Waals surface area (Å²) in [4.78, 5) is 6.06. The zero-order valence-electron chi connectivity index (χ0n) is 11.4. The van der Waals surface area contributed by atoms with Crippen LogP contribution in [0.1, 0.15) is 12.8 Å². The maximum Gasteiger partial charge on any atom is 0.0924 e. The summed E-state index contributed by atoms with van der Waals surface area (Å²) in [5, 5.41) is 9.73. The highest BCUT2D eigenvalue weighted by Gasteiger charge is 2.32. The average Bonchev–Trinajstić information content (AvgIpc) is 2.79. The second-order valence-electron chi connectivity index (χ2n) is 4.97. The number of halogens is 1. The highest BCUT2D eigenvalue weighted by atomic mass is 35.5.